The van der Waals surface area contributed by atoms with E-state index in [0.717, 1.165) is 12.8 Å². The van der Waals surface area contributed by atoms with Gasteiger partial charge in [-0.15, -0.1) is 0 Å². The molecule has 0 aliphatic carbocycles. The molecular formula is C27H50NO6+. The van der Waals surface area contributed by atoms with E-state index in [9.17, 15) is 14.4 Å². The molecule has 7 nitrogen and oxygen atoms in total. The fourth-order valence-electron chi connectivity index (χ4n) is 4.42. The van der Waals surface area contributed by atoms with Gasteiger partial charge in [0.25, 0.3) is 0 Å². The zero-order valence-electron chi connectivity index (χ0n) is 21.5. The van der Waals surface area contributed by atoms with Crippen molar-refractivity contribution >= 4 is 17.9 Å². The molecular weight excluding hydrogens is 434 g/mol. The van der Waals surface area contributed by atoms with Gasteiger partial charge in [-0.1, -0.05) is 71.1 Å². The summed E-state index contributed by atoms with van der Waals surface area (Å²) in [5.74, 6) is -2.54. The molecule has 0 saturated heterocycles. The molecule has 0 atom stereocenters. The summed E-state index contributed by atoms with van der Waals surface area (Å²) in [6.07, 6.45) is 21.0. The molecule has 0 radical (unpaired) electrons. The van der Waals surface area contributed by atoms with Crippen LogP contribution in [0, 0.1) is 0 Å². The average molecular weight is 485 g/mol. The topological polar surface area (TPSA) is 112 Å². The van der Waals surface area contributed by atoms with Crippen molar-refractivity contribution < 1.29 is 34.2 Å². The maximum Gasteiger partial charge on any atom is 0.303 e. The van der Waals surface area contributed by atoms with E-state index in [-0.39, 0.29) is 19.3 Å². The van der Waals surface area contributed by atoms with Crippen molar-refractivity contribution in [3.63, 3.8) is 0 Å². The van der Waals surface area contributed by atoms with Crippen LogP contribution < -0.4 is 0 Å². The average Bonchev–Trinajstić information content (AvgIpc) is 2.76. The fraction of sp³-hybridized carbons (Fsp3) is 0.815. The normalized spacial score (nSPS) is 11.8. The van der Waals surface area contributed by atoms with Crippen LogP contribution in [0.4, 0.5) is 0 Å². The third-order valence-corrected chi connectivity index (χ3v) is 6.38. The molecule has 0 rings (SSSR count). The summed E-state index contributed by atoms with van der Waals surface area (Å²) in [4.78, 5) is 33.0. The van der Waals surface area contributed by atoms with Crippen LogP contribution in [0.2, 0.25) is 0 Å². The number of carboxylic acids is 3. The Balaban J connectivity index is 4.56. The minimum atomic E-state index is -0.848. The Morgan fingerprint density at radius 2 is 0.912 bits per heavy atom. The molecule has 0 aliphatic rings. The Morgan fingerprint density at radius 3 is 1.26 bits per heavy atom. The van der Waals surface area contributed by atoms with E-state index in [0.29, 0.717) is 43.4 Å². The molecule has 0 amide bonds. The molecule has 34 heavy (non-hydrogen) atoms. The van der Waals surface area contributed by atoms with Gasteiger partial charge >= 0.3 is 17.9 Å². The van der Waals surface area contributed by atoms with Crippen molar-refractivity contribution in [1.29, 1.82) is 0 Å². The van der Waals surface area contributed by atoms with Crippen molar-refractivity contribution in [1.82, 2.24) is 0 Å². The van der Waals surface area contributed by atoms with Gasteiger partial charge in [0, 0.05) is 19.3 Å². The molecule has 0 aromatic rings. The lowest BCUT2D eigenvalue weighted by Gasteiger charge is -2.35. The minimum absolute atomic E-state index is 0.0598. The summed E-state index contributed by atoms with van der Waals surface area (Å²) in [5, 5.41) is 27.1. The second kappa shape index (κ2) is 21.6. The number of aliphatic carboxylic acids is 3. The minimum Gasteiger partial charge on any atom is -0.481 e. The van der Waals surface area contributed by atoms with Gasteiger partial charge in [-0.25, -0.2) is 0 Å². The molecule has 0 unspecified atom stereocenters. The van der Waals surface area contributed by atoms with E-state index in [1.165, 1.54) is 64.2 Å². The highest BCUT2D eigenvalue weighted by molar-refractivity contribution is 5.67. The van der Waals surface area contributed by atoms with Crippen LogP contribution in [-0.4, -0.2) is 57.3 Å². The smallest absolute Gasteiger partial charge is 0.303 e. The first-order valence-electron chi connectivity index (χ1n) is 13.5. The number of quaternary nitrogens is 1. The van der Waals surface area contributed by atoms with Gasteiger partial charge in [-0.05, 0) is 18.9 Å². The van der Waals surface area contributed by atoms with Gasteiger partial charge in [0.2, 0.25) is 0 Å². The quantitative estimate of drug-likeness (QED) is 0.0992. The van der Waals surface area contributed by atoms with E-state index in [1.54, 1.807) is 0 Å². The van der Waals surface area contributed by atoms with Crippen molar-refractivity contribution in [2.75, 3.05) is 19.6 Å². The molecule has 198 valence electrons. The summed E-state index contributed by atoms with van der Waals surface area (Å²) in [5.41, 5.74) is 0. The van der Waals surface area contributed by atoms with E-state index in [4.69, 9.17) is 15.3 Å². The van der Waals surface area contributed by atoms with E-state index >= 15 is 0 Å². The lowest BCUT2D eigenvalue weighted by molar-refractivity contribution is -0.880. The number of carbonyl (C=O) groups is 3. The van der Waals surface area contributed by atoms with Crippen LogP contribution in [0.1, 0.15) is 122 Å². The maximum absolute atomic E-state index is 11.0. The van der Waals surface area contributed by atoms with Gasteiger partial charge in [0.05, 0.1) is 45.1 Å². The highest BCUT2D eigenvalue weighted by Gasteiger charge is 2.25. The van der Waals surface area contributed by atoms with Crippen molar-refractivity contribution in [2.24, 2.45) is 0 Å². The molecule has 0 spiro atoms. The van der Waals surface area contributed by atoms with E-state index in [2.05, 4.69) is 19.2 Å². The highest BCUT2D eigenvalue weighted by Crippen LogP contribution is 2.18. The second-order valence-corrected chi connectivity index (χ2v) is 9.59. The van der Waals surface area contributed by atoms with Crippen LogP contribution in [0.5, 0.6) is 0 Å². The Morgan fingerprint density at radius 1 is 0.559 bits per heavy atom. The van der Waals surface area contributed by atoms with Crippen molar-refractivity contribution in [2.45, 2.75) is 122 Å². The predicted octanol–water partition coefficient (Wildman–Crippen LogP) is 6.61. The number of allylic oxidation sites excluding steroid dienone is 1. The van der Waals surface area contributed by atoms with Crippen LogP contribution >= 0.6 is 0 Å². The van der Waals surface area contributed by atoms with Crippen molar-refractivity contribution in [3.8, 4) is 0 Å². The van der Waals surface area contributed by atoms with Gasteiger partial charge in [-0.3, -0.25) is 18.9 Å². The van der Waals surface area contributed by atoms with Crippen molar-refractivity contribution in [3.05, 3.63) is 12.3 Å². The number of unbranched alkanes of at least 4 members (excludes halogenated alkanes) is 11. The SMILES string of the molecule is CCCCCCCCCCCCC/C=C/[N+](CCCC(=O)O)(CCCC(=O)O)CCCC(=O)O. The Hall–Kier alpha value is -1.89. The van der Waals surface area contributed by atoms with Gasteiger partial charge in [0.1, 0.15) is 0 Å². The number of hydrogen-bond acceptors (Lipinski definition) is 3. The molecule has 0 saturated carbocycles. The maximum atomic E-state index is 11.0. The monoisotopic (exact) mass is 484 g/mol. The van der Waals surface area contributed by atoms with Crippen LogP contribution in [-0.2, 0) is 14.4 Å². The summed E-state index contributed by atoms with van der Waals surface area (Å²) < 4.78 is 0.464. The molecule has 3 N–H and O–H groups in total. The largest absolute Gasteiger partial charge is 0.481 e. The third kappa shape index (κ3) is 20.7. The summed E-state index contributed by atoms with van der Waals surface area (Å²) in [6, 6.07) is 0. The van der Waals surface area contributed by atoms with Crippen LogP contribution in [0.15, 0.2) is 12.3 Å². The van der Waals surface area contributed by atoms with Crippen LogP contribution in [0.25, 0.3) is 0 Å². The molecule has 0 bridgehead atoms. The molecule has 0 heterocycles. The molecule has 7 heteroatoms. The summed E-state index contributed by atoms with van der Waals surface area (Å²) >= 11 is 0. The van der Waals surface area contributed by atoms with Gasteiger partial charge < -0.3 is 15.3 Å². The number of nitrogens with zero attached hydrogens (tertiary/aromatic N) is 1. The van der Waals surface area contributed by atoms with E-state index < -0.39 is 17.9 Å². The number of hydrogen-bond donors (Lipinski definition) is 3. The molecule has 0 aromatic carbocycles. The zero-order chi connectivity index (χ0) is 25.5. The second-order valence-electron chi connectivity index (χ2n) is 9.59. The predicted molar refractivity (Wildman–Crippen MR) is 136 cm³/mol. The fourth-order valence-corrected chi connectivity index (χ4v) is 4.42. The molecule has 0 aromatic heterocycles. The summed E-state index contributed by atoms with van der Waals surface area (Å²) in [7, 11) is 0. The molecule has 0 aliphatic heterocycles. The summed E-state index contributed by atoms with van der Waals surface area (Å²) in [6.45, 7) is 3.99. The standard InChI is InChI=1S/C27H49NO6/c1-2-3-4-5-6-7-8-9-10-11-12-13-14-21-28(22-15-18-25(29)30,23-16-19-26(31)32)24-17-20-27(33)34/h14,21H,2-13,15-20,22-24H2,1H3,(H2-,29,30,31,32,33,34)/p+1/b21-14+. The first-order valence-corrected chi connectivity index (χ1v) is 13.5. The Kier molecular flexibility index (Phi) is 20.4. The molecule has 0 fully saturated rings. The number of rotatable bonds is 25. The first kappa shape index (κ1) is 32.1. The zero-order valence-corrected chi connectivity index (χ0v) is 21.5. The third-order valence-electron chi connectivity index (χ3n) is 6.38. The van der Waals surface area contributed by atoms with Crippen LogP contribution in [0.3, 0.4) is 0 Å². The van der Waals surface area contributed by atoms with E-state index in [1.807, 2.05) is 0 Å². The lowest BCUT2D eigenvalue weighted by atomic mass is 10.1. The van der Waals surface area contributed by atoms with Gasteiger partial charge in [0.15, 0.2) is 0 Å². The highest BCUT2D eigenvalue weighted by atomic mass is 16.4. The Labute approximate surface area is 206 Å². The lowest BCUT2D eigenvalue weighted by Crippen LogP contribution is -2.45. The Bertz CT molecular complexity index is 525. The first-order chi connectivity index (χ1) is 16.3. The van der Waals surface area contributed by atoms with Gasteiger partial charge in [-0.2, -0.15) is 0 Å². The number of carboxylic acid groups (broad SMARTS) is 3.